The topological polar surface area (TPSA) is 55.4 Å². The van der Waals surface area contributed by atoms with Gasteiger partial charge in [-0.2, -0.15) is 12.6 Å². The maximum Gasteiger partial charge on any atom is 0.337 e. The Morgan fingerprint density at radius 1 is 1.33 bits per heavy atom. The molecule has 1 rings (SSSR count). The number of methoxy groups -OCH3 is 1. The van der Waals surface area contributed by atoms with E-state index in [1.165, 1.54) is 7.11 Å². The lowest BCUT2D eigenvalue weighted by atomic mass is 10.2. The van der Waals surface area contributed by atoms with Crippen LogP contribution in [0.1, 0.15) is 10.4 Å². The number of nitrogens with one attached hydrogen (secondary N) is 1. The van der Waals surface area contributed by atoms with Gasteiger partial charge in [0, 0.05) is 5.69 Å². The number of esters is 1. The van der Waals surface area contributed by atoms with Crippen LogP contribution in [0.2, 0.25) is 0 Å². The lowest BCUT2D eigenvalue weighted by molar-refractivity contribution is -0.113. The fraction of sp³-hybridized carbons (Fsp3) is 0.200. The van der Waals surface area contributed by atoms with E-state index < -0.39 is 5.97 Å². The summed E-state index contributed by atoms with van der Waals surface area (Å²) in [6.45, 7) is 0. The van der Waals surface area contributed by atoms with Gasteiger partial charge < -0.3 is 10.1 Å². The molecule has 0 spiro atoms. The first-order valence-corrected chi connectivity index (χ1v) is 4.89. The van der Waals surface area contributed by atoms with E-state index >= 15 is 0 Å². The molecule has 4 nitrogen and oxygen atoms in total. The van der Waals surface area contributed by atoms with Gasteiger partial charge in [-0.1, -0.05) is 0 Å². The largest absolute Gasteiger partial charge is 0.465 e. The van der Waals surface area contributed by atoms with Gasteiger partial charge in [-0.15, -0.1) is 0 Å². The molecule has 1 N–H and O–H groups in total. The Balaban J connectivity index is 2.72. The second-order valence-electron chi connectivity index (χ2n) is 2.78. The number of thiol groups is 1. The third-order valence-corrected chi connectivity index (χ3v) is 2.02. The van der Waals surface area contributed by atoms with Crippen molar-refractivity contribution in [1.82, 2.24) is 0 Å². The summed E-state index contributed by atoms with van der Waals surface area (Å²) in [4.78, 5) is 22.1. The SMILES string of the molecule is COC(=O)c1ccc(NC(=O)CS)cc1. The van der Waals surface area contributed by atoms with Crippen molar-refractivity contribution in [3.05, 3.63) is 29.8 Å². The van der Waals surface area contributed by atoms with Crippen molar-refractivity contribution in [1.29, 1.82) is 0 Å². The quantitative estimate of drug-likeness (QED) is 0.603. The van der Waals surface area contributed by atoms with Crippen molar-refractivity contribution in [3.63, 3.8) is 0 Å². The monoisotopic (exact) mass is 225 g/mol. The molecule has 1 aromatic carbocycles. The van der Waals surface area contributed by atoms with Crippen LogP contribution in [0, 0.1) is 0 Å². The first-order chi connectivity index (χ1) is 7.17. The van der Waals surface area contributed by atoms with Crippen molar-refractivity contribution in [2.75, 3.05) is 18.2 Å². The zero-order chi connectivity index (χ0) is 11.3. The van der Waals surface area contributed by atoms with E-state index in [1.807, 2.05) is 0 Å². The molecule has 15 heavy (non-hydrogen) atoms. The molecule has 0 radical (unpaired) electrons. The van der Waals surface area contributed by atoms with Crippen LogP contribution in [-0.4, -0.2) is 24.7 Å². The van der Waals surface area contributed by atoms with E-state index in [0.717, 1.165) is 0 Å². The summed E-state index contributed by atoms with van der Waals surface area (Å²) < 4.78 is 4.54. The minimum Gasteiger partial charge on any atom is -0.465 e. The normalized spacial score (nSPS) is 9.47. The molecule has 1 amide bonds. The maximum absolute atomic E-state index is 11.1. The van der Waals surface area contributed by atoms with Gasteiger partial charge in [0.25, 0.3) is 0 Å². The molecule has 0 saturated carbocycles. The number of carbonyl (C=O) groups excluding carboxylic acids is 2. The highest BCUT2D eigenvalue weighted by Crippen LogP contribution is 2.10. The highest BCUT2D eigenvalue weighted by molar-refractivity contribution is 7.81. The summed E-state index contributed by atoms with van der Waals surface area (Å²) in [5.41, 5.74) is 1.07. The average molecular weight is 225 g/mol. The third kappa shape index (κ3) is 3.28. The van der Waals surface area contributed by atoms with Crippen LogP contribution < -0.4 is 5.32 Å². The van der Waals surface area contributed by atoms with E-state index in [0.29, 0.717) is 11.3 Å². The minimum atomic E-state index is -0.401. The van der Waals surface area contributed by atoms with E-state index in [4.69, 9.17) is 0 Å². The van der Waals surface area contributed by atoms with Gasteiger partial charge in [0.2, 0.25) is 5.91 Å². The zero-order valence-electron chi connectivity index (χ0n) is 8.19. The Labute approximate surface area is 93.0 Å². The Kier molecular flexibility index (Phi) is 4.17. The summed E-state index contributed by atoms with van der Waals surface area (Å²) in [6.07, 6.45) is 0. The molecule has 0 aliphatic rings. The number of hydrogen-bond acceptors (Lipinski definition) is 4. The fourth-order valence-electron chi connectivity index (χ4n) is 1.01. The van der Waals surface area contributed by atoms with Gasteiger partial charge in [0.15, 0.2) is 0 Å². The second-order valence-corrected chi connectivity index (χ2v) is 3.09. The smallest absolute Gasteiger partial charge is 0.337 e. The van der Waals surface area contributed by atoms with Gasteiger partial charge in [0.1, 0.15) is 0 Å². The lowest BCUT2D eigenvalue weighted by Crippen LogP contribution is -2.12. The molecule has 0 atom stereocenters. The van der Waals surface area contributed by atoms with Gasteiger partial charge in [0.05, 0.1) is 18.4 Å². The molecule has 80 valence electrons. The van der Waals surface area contributed by atoms with Crippen molar-refractivity contribution in [3.8, 4) is 0 Å². The van der Waals surface area contributed by atoms with Crippen molar-refractivity contribution >= 4 is 30.2 Å². The Bertz CT molecular complexity index is 361. The first kappa shape index (κ1) is 11.6. The molecule has 0 aliphatic carbocycles. The van der Waals surface area contributed by atoms with Crippen molar-refractivity contribution in [2.24, 2.45) is 0 Å². The van der Waals surface area contributed by atoms with E-state index in [1.54, 1.807) is 24.3 Å². The molecule has 0 fully saturated rings. The Morgan fingerprint density at radius 3 is 2.40 bits per heavy atom. The highest BCUT2D eigenvalue weighted by atomic mass is 32.1. The predicted octanol–water partition coefficient (Wildman–Crippen LogP) is 1.34. The maximum atomic E-state index is 11.1. The van der Waals surface area contributed by atoms with Gasteiger partial charge in [-0.25, -0.2) is 4.79 Å². The number of rotatable bonds is 3. The van der Waals surface area contributed by atoms with Crippen LogP contribution in [0.5, 0.6) is 0 Å². The summed E-state index contributed by atoms with van der Waals surface area (Å²) in [5.74, 6) is -0.468. The van der Waals surface area contributed by atoms with Crippen LogP contribution in [0.25, 0.3) is 0 Å². The molecule has 0 aromatic heterocycles. The summed E-state index contributed by atoms with van der Waals surface area (Å²) in [7, 11) is 1.32. The second kappa shape index (κ2) is 5.41. The van der Waals surface area contributed by atoms with Crippen LogP contribution in [0.3, 0.4) is 0 Å². The highest BCUT2D eigenvalue weighted by Gasteiger charge is 2.05. The zero-order valence-corrected chi connectivity index (χ0v) is 9.08. The molecule has 0 heterocycles. The van der Waals surface area contributed by atoms with Gasteiger partial charge >= 0.3 is 5.97 Å². The molecule has 0 saturated heterocycles. The predicted molar refractivity (Wildman–Crippen MR) is 60.3 cm³/mol. The molecule has 1 aromatic rings. The standard InChI is InChI=1S/C10H11NO3S/c1-14-10(13)7-2-4-8(5-3-7)11-9(12)6-15/h2-5,15H,6H2,1H3,(H,11,12). The number of carbonyl (C=O) groups is 2. The molecular formula is C10H11NO3S. The number of benzene rings is 1. The third-order valence-electron chi connectivity index (χ3n) is 1.73. The fourth-order valence-corrected chi connectivity index (χ4v) is 1.09. The first-order valence-electron chi connectivity index (χ1n) is 4.26. The van der Waals surface area contributed by atoms with E-state index in [2.05, 4.69) is 22.7 Å². The number of amides is 1. The summed E-state index contributed by atoms with van der Waals surface area (Å²) in [5, 5.41) is 2.61. The Morgan fingerprint density at radius 2 is 1.93 bits per heavy atom. The number of hydrogen-bond donors (Lipinski definition) is 2. The lowest BCUT2D eigenvalue weighted by Gasteiger charge is -2.03. The van der Waals surface area contributed by atoms with Crippen LogP contribution >= 0.6 is 12.6 Å². The molecule has 0 bridgehead atoms. The average Bonchev–Trinajstić information content (AvgIpc) is 2.29. The molecule has 0 aliphatic heterocycles. The summed E-state index contributed by atoms with van der Waals surface area (Å²) >= 11 is 3.83. The summed E-state index contributed by atoms with van der Waals surface area (Å²) in [6, 6.07) is 6.43. The van der Waals surface area contributed by atoms with Crippen LogP contribution in [0.4, 0.5) is 5.69 Å². The molecule has 5 heteroatoms. The number of anilines is 1. The van der Waals surface area contributed by atoms with Crippen molar-refractivity contribution in [2.45, 2.75) is 0 Å². The van der Waals surface area contributed by atoms with E-state index in [9.17, 15) is 9.59 Å². The van der Waals surface area contributed by atoms with Crippen molar-refractivity contribution < 1.29 is 14.3 Å². The van der Waals surface area contributed by atoms with Crippen LogP contribution in [-0.2, 0) is 9.53 Å². The van der Waals surface area contributed by atoms with Gasteiger partial charge in [-0.05, 0) is 24.3 Å². The minimum absolute atomic E-state index is 0.124. The molecule has 0 unspecified atom stereocenters. The Hall–Kier alpha value is -1.49. The number of ether oxygens (including phenoxy) is 1. The van der Waals surface area contributed by atoms with E-state index in [-0.39, 0.29) is 11.7 Å². The van der Waals surface area contributed by atoms with Crippen LogP contribution in [0.15, 0.2) is 24.3 Å². The molecular weight excluding hydrogens is 214 g/mol. The van der Waals surface area contributed by atoms with Gasteiger partial charge in [-0.3, -0.25) is 4.79 Å².